The number of rotatable bonds is 6. The Morgan fingerprint density at radius 2 is 1.91 bits per heavy atom. The van der Waals surface area contributed by atoms with Gasteiger partial charge in [-0.25, -0.2) is 8.42 Å². The standard InChI is InChI=1S/C21H31N5O4S4/c1-12-9-10-14(32-12)16(20(2,3)4)23-18-17(24-33(28)25-18)22-13-11-31-19(15(13)27)34(29,30)26(8)21(5,6)7/h9-11,16,27H,1-8H3,(H,22,24)(H,23,25)/t16-,33?/m0/s1. The lowest BCUT2D eigenvalue weighted by Gasteiger charge is -2.30. The van der Waals surface area contributed by atoms with Gasteiger partial charge in [0, 0.05) is 32.1 Å². The van der Waals surface area contributed by atoms with Crippen molar-refractivity contribution in [3.8, 4) is 5.75 Å². The maximum atomic E-state index is 13.0. The van der Waals surface area contributed by atoms with Gasteiger partial charge in [0.25, 0.3) is 10.0 Å². The van der Waals surface area contributed by atoms with Gasteiger partial charge in [0.1, 0.15) is 0 Å². The Morgan fingerprint density at radius 3 is 2.44 bits per heavy atom. The van der Waals surface area contributed by atoms with Gasteiger partial charge in [-0.05, 0) is 45.2 Å². The van der Waals surface area contributed by atoms with Crippen LogP contribution >= 0.6 is 33.8 Å². The molecular weight excluding hydrogens is 515 g/mol. The normalized spacial score (nSPS) is 15.2. The third kappa shape index (κ3) is 5.55. The van der Waals surface area contributed by atoms with E-state index in [0.29, 0.717) is 0 Å². The molecule has 2 atom stereocenters. The largest absolute Gasteiger partial charge is 0.548 e. The fraction of sp³-hybridized carbons (Fsp3) is 0.524. The summed E-state index contributed by atoms with van der Waals surface area (Å²) >= 11 is 0.800. The van der Waals surface area contributed by atoms with Gasteiger partial charge in [0.15, 0.2) is 21.1 Å². The van der Waals surface area contributed by atoms with E-state index in [4.69, 9.17) is 4.99 Å². The molecule has 0 aliphatic carbocycles. The summed E-state index contributed by atoms with van der Waals surface area (Å²) in [5, 5.41) is 15.1. The SMILES string of the molecule is Cc1ccc([C@H](N=c2[nH][s+]([O-])nc2Nc2csc(S(=O)(=O)N(C)C(C)(C)C)c2O)C(C)(C)C)s1. The summed E-state index contributed by atoms with van der Waals surface area (Å²) in [6.45, 7) is 13.5. The Balaban J connectivity index is 2.03. The van der Waals surface area contributed by atoms with E-state index in [-0.39, 0.29) is 32.7 Å². The monoisotopic (exact) mass is 545 g/mol. The van der Waals surface area contributed by atoms with Crippen LogP contribution in [0.1, 0.15) is 57.3 Å². The lowest BCUT2D eigenvalue weighted by molar-refractivity contribution is 0.291. The number of hydrogen-bond donors (Lipinski definition) is 3. The highest BCUT2D eigenvalue weighted by Crippen LogP contribution is 2.42. The van der Waals surface area contributed by atoms with Gasteiger partial charge in [-0.3, -0.25) is 4.99 Å². The molecular formula is C21H31N5O4S4. The first-order valence-corrected chi connectivity index (χ1v) is 14.7. The molecule has 34 heavy (non-hydrogen) atoms. The number of aromatic amines is 1. The molecule has 0 aliphatic rings. The highest BCUT2D eigenvalue weighted by Gasteiger charge is 2.35. The van der Waals surface area contributed by atoms with Crippen molar-refractivity contribution in [1.82, 2.24) is 13.1 Å². The average Bonchev–Trinajstić information content (AvgIpc) is 3.37. The predicted molar refractivity (Wildman–Crippen MR) is 138 cm³/mol. The molecule has 0 amide bonds. The molecule has 188 valence electrons. The number of H-pyrrole nitrogens is 1. The van der Waals surface area contributed by atoms with Crippen LogP contribution in [0.15, 0.2) is 26.7 Å². The summed E-state index contributed by atoms with van der Waals surface area (Å²) in [6, 6.07) is 3.83. The number of aromatic hydroxyl groups is 1. The van der Waals surface area contributed by atoms with Crippen molar-refractivity contribution >= 4 is 55.3 Å². The quantitative estimate of drug-likeness (QED) is 0.368. The van der Waals surface area contributed by atoms with Gasteiger partial charge in [-0.1, -0.05) is 20.8 Å². The van der Waals surface area contributed by atoms with E-state index in [2.05, 4.69) is 34.8 Å². The molecule has 3 heterocycles. The molecule has 0 saturated heterocycles. The molecule has 3 rings (SSSR count). The van der Waals surface area contributed by atoms with E-state index in [9.17, 15) is 18.1 Å². The van der Waals surface area contributed by atoms with Crippen LogP contribution in [0.4, 0.5) is 11.5 Å². The van der Waals surface area contributed by atoms with Gasteiger partial charge >= 0.3 is 0 Å². The van der Waals surface area contributed by atoms with E-state index >= 15 is 0 Å². The first-order valence-electron chi connectivity index (χ1n) is 10.5. The van der Waals surface area contributed by atoms with Crippen molar-refractivity contribution in [2.24, 2.45) is 10.4 Å². The Labute approximate surface area is 211 Å². The predicted octanol–water partition coefficient (Wildman–Crippen LogP) is 5.13. The summed E-state index contributed by atoms with van der Waals surface area (Å²) in [6.07, 6.45) is 0. The molecule has 3 aromatic heterocycles. The van der Waals surface area contributed by atoms with Crippen molar-refractivity contribution in [3.05, 3.63) is 32.8 Å². The molecule has 1 unspecified atom stereocenters. The summed E-state index contributed by atoms with van der Waals surface area (Å²) in [5.41, 5.74) is -0.463. The number of aromatic nitrogens is 2. The van der Waals surface area contributed by atoms with Crippen molar-refractivity contribution in [1.29, 1.82) is 0 Å². The Morgan fingerprint density at radius 1 is 1.26 bits per heavy atom. The van der Waals surface area contributed by atoms with Gasteiger partial charge in [-0.15, -0.1) is 27.0 Å². The number of aryl methyl sites for hydroxylation is 1. The summed E-state index contributed by atoms with van der Waals surface area (Å²) in [4.78, 5) is 7.06. The summed E-state index contributed by atoms with van der Waals surface area (Å²) in [5.74, 6) is -0.246. The highest BCUT2D eigenvalue weighted by atomic mass is 32.2. The van der Waals surface area contributed by atoms with Crippen LogP contribution in [0.5, 0.6) is 5.75 Å². The molecule has 3 N–H and O–H groups in total. The molecule has 0 spiro atoms. The molecule has 0 bridgehead atoms. The van der Waals surface area contributed by atoms with Crippen LogP contribution in [0.3, 0.4) is 0 Å². The second kappa shape index (κ2) is 9.36. The van der Waals surface area contributed by atoms with Crippen LogP contribution in [0.2, 0.25) is 0 Å². The lowest BCUT2D eigenvalue weighted by Crippen LogP contribution is -2.42. The molecule has 13 heteroatoms. The van der Waals surface area contributed by atoms with Crippen LogP contribution in [-0.2, 0) is 10.0 Å². The van der Waals surface area contributed by atoms with Crippen molar-refractivity contribution < 1.29 is 18.1 Å². The van der Waals surface area contributed by atoms with Crippen molar-refractivity contribution in [2.75, 3.05) is 12.4 Å². The van der Waals surface area contributed by atoms with E-state index in [1.54, 1.807) is 32.1 Å². The summed E-state index contributed by atoms with van der Waals surface area (Å²) in [7, 11) is -2.45. The van der Waals surface area contributed by atoms with Gasteiger partial charge in [0.05, 0.1) is 11.7 Å². The molecule has 0 fully saturated rings. The number of nitrogens with one attached hydrogen (secondary N) is 2. The highest BCUT2D eigenvalue weighted by molar-refractivity contribution is 7.91. The van der Waals surface area contributed by atoms with Crippen LogP contribution in [0.25, 0.3) is 0 Å². The number of thiophene rings is 2. The topological polar surface area (TPSA) is 134 Å². The molecule has 0 saturated carbocycles. The zero-order valence-corrected chi connectivity index (χ0v) is 23.7. The van der Waals surface area contributed by atoms with Crippen LogP contribution in [0, 0.1) is 12.3 Å². The van der Waals surface area contributed by atoms with Gasteiger partial charge in [0.2, 0.25) is 11.3 Å². The number of nitrogens with zero attached hydrogens (tertiary/aromatic N) is 3. The molecule has 3 aromatic rings. The fourth-order valence-electron chi connectivity index (χ4n) is 3.08. The molecule has 0 aliphatic heterocycles. The molecule has 0 aromatic carbocycles. The van der Waals surface area contributed by atoms with Crippen molar-refractivity contribution in [2.45, 2.75) is 64.3 Å². The zero-order chi connectivity index (χ0) is 25.6. The number of anilines is 2. The Kier molecular flexibility index (Phi) is 7.38. The smallest absolute Gasteiger partial charge is 0.256 e. The van der Waals surface area contributed by atoms with E-state index in [1.165, 1.54) is 16.7 Å². The van der Waals surface area contributed by atoms with E-state index in [1.807, 2.05) is 19.1 Å². The van der Waals surface area contributed by atoms with Crippen LogP contribution < -0.4 is 10.8 Å². The third-order valence-corrected chi connectivity index (χ3v) is 10.6. The number of hydrogen-bond acceptors (Lipinski definition) is 9. The minimum absolute atomic E-state index is 0.150. The average molecular weight is 546 g/mol. The van der Waals surface area contributed by atoms with Gasteiger partial charge < -0.3 is 15.0 Å². The number of sulfonamides is 1. The third-order valence-electron chi connectivity index (χ3n) is 5.22. The van der Waals surface area contributed by atoms with E-state index in [0.717, 1.165) is 21.1 Å². The minimum atomic E-state index is -3.92. The van der Waals surface area contributed by atoms with Crippen molar-refractivity contribution in [3.63, 3.8) is 0 Å². The summed E-state index contributed by atoms with van der Waals surface area (Å²) < 4.78 is 46.1. The second-order valence-corrected chi connectivity index (χ2v) is 15.3. The first-order chi connectivity index (χ1) is 15.5. The maximum Gasteiger partial charge on any atom is 0.256 e. The van der Waals surface area contributed by atoms with Gasteiger partial charge in [-0.2, -0.15) is 4.31 Å². The molecule has 9 nitrogen and oxygen atoms in total. The first kappa shape index (κ1) is 26.8. The fourth-order valence-corrected chi connectivity index (χ4v) is 7.81. The van der Waals surface area contributed by atoms with Crippen LogP contribution in [-0.4, -0.2) is 43.7 Å². The Bertz CT molecular complexity index is 1340. The molecule has 0 radical (unpaired) electrons. The zero-order valence-electron chi connectivity index (χ0n) is 20.5. The second-order valence-electron chi connectivity index (χ2n) is 10.0. The van der Waals surface area contributed by atoms with E-state index < -0.39 is 32.5 Å². The lowest BCUT2D eigenvalue weighted by atomic mass is 9.86. The maximum absolute atomic E-state index is 13.0. The Hall–Kier alpha value is -1.77. The minimum Gasteiger partial charge on any atom is -0.548 e.